The molecule has 0 radical (unpaired) electrons. The smallest absolute Gasteiger partial charge is 0.225 e. The Morgan fingerprint density at radius 1 is 1.21 bits per heavy atom. The van der Waals surface area contributed by atoms with Crippen molar-refractivity contribution in [3.8, 4) is 5.75 Å². The summed E-state index contributed by atoms with van der Waals surface area (Å²) in [5, 5.41) is 8.14. The molecular formula is C21H24ClN5O2. The third-order valence-electron chi connectivity index (χ3n) is 4.77. The van der Waals surface area contributed by atoms with Gasteiger partial charge >= 0.3 is 0 Å². The van der Waals surface area contributed by atoms with E-state index >= 15 is 0 Å². The molecule has 8 heteroatoms. The Morgan fingerprint density at radius 3 is 2.79 bits per heavy atom. The molecule has 7 nitrogen and oxygen atoms in total. The summed E-state index contributed by atoms with van der Waals surface area (Å²) in [4.78, 5) is 11.3. The van der Waals surface area contributed by atoms with Crippen LogP contribution in [0.15, 0.2) is 36.4 Å². The molecule has 1 fully saturated rings. The van der Waals surface area contributed by atoms with Gasteiger partial charge in [-0.1, -0.05) is 23.7 Å². The standard InChI is InChI=1S/C21H24ClN5O2/c1-14-11-15(2)24-21(23-14)27-8-10-29-20(13-27)18-12-16(25-26-18)7-9-28-19-6-4-3-5-17(19)22/h3-6,11-12,20H,7-10,13H2,1-2H3,(H,25,26). The molecule has 152 valence electrons. The number of rotatable bonds is 6. The Kier molecular flexibility index (Phi) is 5.97. The van der Waals surface area contributed by atoms with Crippen LogP contribution in [-0.4, -0.2) is 46.5 Å². The van der Waals surface area contributed by atoms with Crippen molar-refractivity contribution in [2.75, 3.05) is 31.2 Å². The Morgan fingerprint density at radius 2 is 2.00 bits per heavy atom. The van der Waals surface area contributed by atoms with E-state index in [0.29, 0.717) is 37.0 Å². The minimum atomic E-state index is -0.123. The van der Waals surface area contributed by atoms with Gasteiger partial charge in [0.25, 0.3) is 0 Å². The van der Waals surface area contributed by atoms with Crippen LogP contribution in [0, 0.1) is 13.8 Å². The van der Waals surface area contributed by atoms with Crippen molar-refractivity contribution in [1.82, 2.24) is 20.2 Å². The predicted molar refractivity (Wildman–Crippen MR) is 112 cm³/mol. The number of halogens is 1. The topological polar surface area (TPSA) is 76.2 Å². The molecule has 0 aliphatic carbocycles. The number of morpholine rings is 1. The Hall–Kier alpha value is -2.64. The SMILES string of the molecule is Cc1cc(C)nc(N2CCOC(c3cc(CCOc4ccccc4Cl)[nH]n3)C2)n1. The van der Waals surface area contributed by atoms with E-state index in [4.69, 9.17) is 21.1 Å². The van der Waals surface area contributed by atoms with Crippen molar-refractivity contribution in [2.45, 2.75) is 26.4 Å². The van der Waals surface area contributed by atoms with Crippen LogP contribution in [0.3, 0.4) is 0 Å². The Balaban J connectivity index is 1.36. The third-order valence-corrected chi connectivity index (χ3v) is 5.08. The molecular weight excluding hydrogens is 390 g/mol. The van der Waals surface area contributed by atoms with Gasteiger partial charge in [-0.2, -0.15) is 5.10 Å². The lowest BCUT2D eigenvalue weighted by Gasteiger charge is -2.32. The first-order chi connectivity index (χ1) is 14.1. The number of para-hydroxylation sites is 1. The molecule has 0 saturated carbocycles. The Labute approximate surface area is 175 Å². The highest BCUT2D eigenvalue weighted by molar-refractivity contribution is 6.32. The number of anilines is 1. The second-order valence-electron chi connectivity index (χ2n) is 7.10. The molecule has 0 spiro atoms. The van der Waals surface area contributed by atoms with E-state index in [0.717, 1.165) is 35.3 Å². The fourth-order valence-corrected chi connectivity index (χ4v) is 3.55. The molecule has 1 aliphatic heterocycles. The largest absolute Gasteiger partial charge is 0.492 e. The number of hydrogen-bond donors (Lipinski definition) is 1. The molecule has 1 N–H and O–H groups in total. The van der Waals surface area contributed by atoms with Crippen LogP contribution in [0.4, 0.5) is 5.95 Å². The first-order valence-electron chi connectivity index (χ1n) is 9.69. The molecule has 1 atom stereocenters. The van der Waals surface area contributed by atoms with Gasteiger partial charge in [-0.3, -0.25) is 5.10 Å². The number of aromatic nitrogens is 4. The molecule has 1 saturated heterocycles. The molecule has 1 unspecified atom stereocenters. The monoisotopic (exact) mass is 413 g/mol. The van der Waals surface area contributed by atoms with Crippen LogP contribution in [0.5, 0.6) is 5.75 Å². The molecule has 4 rings (SSSR count). The number of aryl methyl sites for hydroxylation is 2. The number of ether oxygens (including phenoxy) is 2. The molecule has 3 heterocycles. The number of nitrogens with one attached hydrogen (secondary N) is 1. The molecule has 0 amide bonds. The number of hydrogen-bond acceptors (Lipinski definition) is 6. The highest BCUT2D eigenvalue weighted by Crippen LogP contribution is 2.25. The van der Waals surface area contributed by atoms with Gasteiger partial charge in [0.15, 0.2) is 0 Å². The van der Waals surface area contributed by atoms with Crippen LogP contribution in [0.25, 0.3) is 0 Å². The van der Waals surface area contributed by atoms with E-state index < -0.39 is 0 Å². The lowest BCUT2D eigenvalue weighted by atomic mass is 10.2. The minimum absolute atomic E-state index is 0.123. The zero-order valence-electron chi connectivity index (χ0n) is 16.6. The molecule has 1 aliphatic rings. The van der Waals surface area contributed by atoms with Crippen molar-refractivity contribution >= 4 is 17.5 Å². The van der Waals surface area contributed by atoms with Crippen molar-refractivity contribution in [1.29, 1.82) is 0 Å². The van der Waals surface area contributed by atoms with E-state index in [1.807, 2.05) is 50.2 Å². The quantitative estimate of drug-likeness (QED) is 0.664. The van der Waals surface area contributed by atoms with E-state index in [9.17, 15) is 0 Å². The van der Waals surface area contributed by atoms with E-state index in [2.05, 4.69) is 25.1 Å². The summed E-state index contributed by atoms with van der Waals surface area (Å²) < 4.78 is 11.7. The normalized spacial score (nSPS) is 16.8. The van der Waals surface area contributed by atoms with Crippen LogP contribution in [0.1, 0.15) is 28.9 Å². The average molecular weight is 414 g/mol. The van der Waals surface area contributed by atoms with Gasteiger partial charge in [-0.25, -0.2) is 9.97 Å². The average Bonchev–Trinajstić information content (AvgIpc) is 3.18. The zero-order chi connectivity index (χ0) is 20.2. The van der Waals surface area contributed by atoms with Gasteiger partial charge in [-0.05, 0) is 38.1 Å². The number of aromatic amines is 1. The third kappa shape index (κ3) is 4.86. The van der Waals surface area contributed by atoms with Crippen molar-refractivity contribution in [3.63, 3.8) is 0 Å². The number of benzene rings is 1. The molecule has 1 aromatic carbocycles. The maximum absolute atomic E-state index is 6.12. The lowest BCUT2D eigenvalue weighted by molar-refractivity contribution is 0.0364. The summed E-state index contributed by atoms with van der Waals surface area (Å²) in [6.45, 7) is 6.53. The number of H-pyrrole nitrogens is 1. The first-order valence-corrected chi connectivity index (χ1v) is 10.1. The van der Waals surface area contributed by atoms with Crippen LogP contribution >= 0.6 is 11.6 Å². The van der Waals surface area contributed by atoms with E-state index in [-0.39, 0.29) is 6.10 Å². The Bertz CT molecular complexity index is 957. The maximum Gasteiger partial charge on any atom is 0.225 e. The summed E-state index contributed by atoms with van der Waals surface area (Å²) in [5.41, 5.74) is 3.81. The fraction of sp³-hybridized carbons (Fsp3) is 0.381. The summed E-state index contributed by atoms with van der Waals surface area (Å²) in [6, 6.07) is 11.5. The van der Waals surface area contributed by atoms with Crippen LogP contribution < -0.4 is 9.64 Å². The fourth-order valence-electron chi connectivity index (χ4n) is 3.36. The highest BCUT2D eigenvalue weighted by atomic mass is 35.5. The molecule has 0 bridgehead atoms. The minimum Gasteiger partial charge on any atom is -0.492 e. The van der Waals surface area contributed by atoms with Crippen molar-refractivity contribution in [3.05, 3.63) is 64.2 Å². The maximum atomic E-state index is 6.12. The van der Waals surface area contributed by atoms with E-state index in [1.165, 1.54) is 0 Å². The van der Waals surface area contributed by atoms with Gasteiger partial charge in [0.1, 0.15) is 11.9 Å². The molecule has 29 heavy (non-hydrogen) atoms. The second kappa shape index (κ2) is 8.80. The summed E-state index contributed by atoms with van der Waals surface area (Å²) in [7, 11) is 0. The van der Waals surface area contributed by atoms with Crippen LogP contribution in [-0.2, 0) is 11.2 Å². The van der Waals surface area contributed by atoms with Gasteiger partial charge in [0, 0.05) is 30.0 Å². The van der Waals surface area contributed by atoms with Crippen molar-refractivity contribution in [2.24, 2.45) is 0 Å². The molecule has 2 aromatic heterocycles. The van der Waals surface area contributed by atoms with Gasteiger partial charge in [-0.15, -0.1) is 0 Å². The van der Waals surface area contributed by atoms with E-state index in [1.54, 1.807) is 0 Å². The molecule has 3 aromatic rings. The summed E-state index contributed by atoms with van der Waals surface area (Å²) in [6.07, 6.45) is 0.581. The second-order valence-corrected chi connectivity index (χ2v) is 7.51. The lowest BCUT2D eigenvalue weighted by Crippen LogP contribution is -2.39. The van der Waals surface area contributed by atoms with Gasteiger partial charge < -0.3 is 14.4 Å². The zero-order valence-corrected chi connectivity index (χ0v) is 17.3. The predicted octanol–water partition coefficient (Wildman–Crippen LogP) is 3.67. The number of nitrogens with zero attached hydrogens (tertiary/aromatic N) is 4. The van der Waals surface area contributed by atoms with Crippen molar-refractivity contribution < 1.29 is 9.47 Å². The first kappa shape index (κ1) is 19.7. The van der Waals surface area contributed by atoms with Gasteiger partial charge in [0.05, 0.1) is 30.5 Å². The highest BCUT2D eigenvalue weighted by Gasteiger charge is 2.26. The summed E-state index contributed by atoms with van der Waals surface area (Å²) >= 11 is 6.12. The van der Waals surface area contributed by atoms with Crippen LogP contribution in [0.2, 0.25) is 5.02 Å². The summed E-state index contributed by atoms with van der Waals surface area (Å²) in [5.74, 6) is 1.44. The van der Waals surface area contributed by atoms with Gasteiger partial charge in [0.2, 0.25) is 5.95 Å².